The lowest BCUT2D eigenvalue weighted by atomic mass is 10.3. The molecule has 0 aliphatic carbocycles. The monoisotopic (exact) mass is 584 g/mol. The van der Waals surface area contributed by atoms with Crippen molar-refractivity contribution in [1.82, 2.24) is 0 Å². The average Bonchev–Trinajstić information content (AvgIpc) is 2.87. The summed E-state index contributed by atoms with van der Waals surface area (Å²) in [5.74, 6) is -9.35. The third-order valence-electron chi connectivity index (χ3n) is 4.88. The fourth-order valence-electron chi connectivity index (χ4n) is 3.18. The van der Waals surface area contributed by atoms with Gasteiger partial charge in [0.15, 0.2) is 0 Å². The molecule has 3 aromatic carbocycles. The van der Waals surface area contributed by atoms with Crippen molar-refractivity contribution in [3.05, 3.63) is 91.0 Å². The van der Waals surface area contributed by atoms with Crippen molar-refractivity contribution in [2.45, 2.75) is 31.9 Å². The minimum absolute atomic E-state index is 0.0278. The van der Waals surface area contributed by atoms with Gasteiger partial charge in [-0.3, -0.25) is 4.79 Å². The Balaban J connectivity index is 2.33. The van der Waals surface area contributed by atoms with E-state index < -0.39 is 49.5 Å². The predicted octanol–water partition coefficient (Wildman–Crippen LogP) is 5.86. The third-order valence-corrected chi connectivity index (χ3v) is 10.3. The Hall–Kier alpha value is -2.71. The molecule has 3 aromatic rings. The number of carbonyl (C=O) groups is 1. The van der Waals surface area contributed by atoms with Gasteiger partial charge in [0.1, 0.15) is 5.88 Å². The Labute approximate surface area is 215 Å². The number of benzene rings is 3. The van der Waals surface area contributed by atoms with E-state index >= 15 is 8.78 Å². The number of ether oxygens (including phenoxy) is 1. The summed E-state index contributed by atoms with van der Waals surface area (Å²) in [6, 6.07) is 21.4. The molecule has 0 saturated carbocycles. The van der Waals surface area contributed by atoms with E-state index in [1.807, 2.05) is 0 Å². The van der Waals surface area contributed by atoms with Gasteiger partial charge >= 0.3 is 33.3 Å². The number of hydrogen-bond donors (Lipinski definition) is 1. The van der Waals surface area contributed by atoms with Crippen molar-refractivity contribution in [2.75, 3.05) is 5.88 Å². The normalized spacial score (nSPS) is 15.0. The maximum absolute atomic E-state index is 15.3. The van der Waals surface area contributed by atoms with Gasteiger partial charge in [-0.15, -0.1) is 11.6 Å². The topological polar surface area (TPSA) is 89.9 Å². The molecular weight excluding hydrogens is 567 g/mol. The van der Waals surface area contributed by atoms with Crippen LogP contribution in [0.3, 0.4) is 0 Å². The van der Waals surface area contributed by atoms with Gasteiger partial charge in [-0.1, -0.05) is 54.6 Å². The molecule has 0 amide bonds. The second kappa shape index (κ2) is 10.6. The molecule has 0 aliphatic rings. The van der Waals surface area contributed by atoms with Crippen LogP contribution in [0.5, 0.6) is 0 Å². The van der Waals surface area contributed by atoms with Crippen LogP contribution < -0.4 is 0 Å². The molecule has 0 saturated heterocycles. The largest absolute Gasteiger partial charge is 0.463 e. The van der Waals surface area contributed by atoms with Gasteiger partial charge in [0.05, 0.1) is 0 Å². The van der Waals surface area contributed by atoms with E-state index in [-0.39, 0.29) is 14.7 Å². The molecule has 1 N–H and O–H groups in total. The van der Waals surface area contributed by atoms with E-state index in [4.69, 9.17) is 15.2 Å². The van der Waals surface area contributed by atoms with E-state index in [0.29, 0.717) is 0 Å². The molecule has 0 fully saturated rings. The van der Waals surface area contributed by atoms with Gasteiger partial charge in [0, 0.05) is 14.7 Å². The van der Waals surface area contributed by atoms with Crippen LogP contribution in [-0.2, 0) is 23.3 Å². The number of rotatable bonds is 9. The smallest absolute Gasteiger partial charge is 0.416 e. The number of halogens is 6. The molecular formula is C23H18ClF5O6S2. The minimum atomic E-state index is -6.74. The van der Waals surface area contributed by atoms with E-state index in [9.17, 15) is 31.5 Å². The zero-order valence-corrected chi connectivity index (χ0v) is 20.8. The average molecular weight is 585 g/mol. The van der Waals surface area contributed by atoms with Gasteiger partial charge in [0.25, 0.3) is 0 Å². The lowest BCUT2D eigenvalue weighted by Gasteiger charge is -2.42. The molecule has 6 nitrogen and oxygen atoms in total. The van der Waals surface area contributed by atoms with Crippen LogP contribution in [0.15, 0.2) is 106 Å². The molecule has 0 heterocycles. The second-order valence-electron chi connectivity index (χ2n) is 7.28. The Bertz CT molecular complexity index is 1230. The van der Waals surface area contributed by atoms with Crippen molar-refractivity contribution in [2.24, 2.45) is 0 Å². The molecule has 1 unspecified atom stereocenters. The highest BCUT2D eigenvalue weighted by atomic mass is 35.5. The highest BCUT2D eigenvalue weighted by Crippen LogP contribution is 2.71. The van der Waals surface area contributed by atoms with Crippen LogP contribution in [-0.4, -0.2) is 42.6 Å². The molecule has 37 heavy (non-hydrogen) atoms. The molecule has 14 heteroatoms. The fourth-order valence-corrected chi connectivity index (χ4v) is 8.53. The van der Waals surface area contributed by atoms with E-state index in [0.717, 1.165) is 0 Å². The maximum atomic E-state index is 15.3. The fraction of sp³-hybridized carbons (Fsp3) is 0.174. The standard InChI is InChI=1S/C23H18ClF5O6S2/c24-16-20(30)34-21(31,22(25,26)27)23(28,29)37(32,33)35-36(17-10-4-1-5-11-17,18-12-6-2-7-13-18)19-14-8-3-9-15-19/h1-15,31H,16H2. The number of esters is 1. The first-order valence-corrected chi connectivity index (χ1v) is 13.6. The third kappa shape index (κ3) is 5.18. The SMILES string of the molecule is O=C(CCl)OC(O)(C(F)(F)F)C(F)(F)S(=O)(=O)OS(c1ccccc1)(c1ccccc1)c1ccccc1. The zero-order valence-electron chi connectivity index (χ0n) is 18.4. The van der Waals surface area contributed by atoms with Crippen LogP contribution in [0.4, 0.5) is 22.0 Å². The van der Waals surface area contributed by atoms with Gasteiger partial charge < -0.3 is 9.84 Å². The van der Waals surface area contributed by atoms with E-state index in [2.05, 4.69) is 4.74 Å². The summed E-state index contributed by atoms with van der Waals surface area (Å²) in [6.07, 6.45) is -6.47. The number of alkyl halides is 6. The Kier molecular flexibility index (Phi) is 8.25. The Morgan fingerprint density at radius 3 is 1.41 bits per heavy atom. The van der Waals surface area contributed by atoms with Gasteiger partial charge in [-0.25, -0.2) is 3.63 Å². The molecule has 0 bridgehead atoms. The lowest BCUT2D eigenvalue weighted by molar-refractivity contribution is -0.396. The lowest BCUT2D eigenvalue weighted by Crippen LogP contribution is -2.64. The summed E-state index contributed by atoms with van der Waals surface area (Å²) in [5.41, 5.74) is 0. The molecule has 3 rings (SSSR count). The van der Waals surface area contributed by atoms with Crippen molar-refractivity contribution < 1.29 is 48.6 Å². The van der Waals surface area contributed by atoms with E-state index in [1.165, 1.54) is 72.8 Å². The summed E-state index contributed by atoms with van der Waals surface area (Å²) in [7, 11) is -10.5. The van der Waals surface area contributed by atoms with Crippen molar-refractivity contribution in [1.29, 1.82) is 0 Å². The molecule has 0 radical (unpaired) electrons. The van der Waals surface area contributed by atoms with Crippen molar-refractivity contribution in [3.8, 4) is 0 Å². The van der Waals surface area contributed by atoms with Crippen LogP contribution >= 0.6 is 21.9 Å². The highest BCUT2D eigenvalue weighted by molar-refractivity contribution is 8.33. The zero-order chi connectivity index (χ0) is 27.5. The first-order valence-electron chi connectivity index (χ1n) is 10.1. The number of carbonyl (C=O) groups excluding carboxylic acids is 1. The first kappa shape index (κ1) is 28.9. The second-order valence-corrected chi connectivity index (χ2v) is 12.0. The van der Waals surface area contributed by atoms with Gasteiger partial charge in [-0.05, 0) is 46.7 Å². The first-order chi connectivity index (χ1) is 17.2. The van der Waals surface area contributed by atoms with Crippen LogP contribution in [0.2, 0.25) is 0 Å². The van der Waals surface area contributed by atoms with E-state index in [1.54, 1.807) is 18.2 Å². The van der Waals surface area contributed by atoms with Crippen molar-refractivity contribution >= 4 is 38.0 Å². The summed E-state index contributed by atoms with van der Waals surface area (Å²) in [5, 5.41) is 3.66. The summed E-state index contributed by atoms with van der Waals surface area (Å²) in [4.78, 5) is 11.5. The highest BCUT2D eigenvalue weighted by Gasteiger charge is 2.80. The Morgan fingerprint density at radius 2 is 1.11 bits per heavy atom. The minimum Gasteiger partial charge on any atom is -0.416 e. The quantitative estimate of drug-likeness (QED) is 0.147. The Morgan fingerprint density at radius 1 is 0.757 bits per heavy atom. The summed E-state index contributed by atoms with van der Waals surface area (Å²) >= 11 is 5.04. The molecule has 1 atom stereocenters. The predicted molar refractivity (Wildman–Crippen MR) is 124 cm³/mol. The van der Waals surface area contributed by atoms with Crippen LogP contribution in [0, 0.1) is 0 Å². The van der Waals surface area contributed by atoms with Gasteiger partial charge in [-0.2, -0.15) is 30.4 Å². The molecule has 200 valence electrons. The maximum Gasteiger partial charge on any atom is 0.463 e. The molecule has 0 aliphatic heterocycles. The number of aliphatic hydroxyl groups is 1. The molecule has 0 aromatic heterocycles. The summed E-state index contributed by atoms with van der Waals surface area (Å²) < 4.78 is 107. The van der Waals surface area contributed by atoms with Crippen LogP contribution in [0.1, 0.15) is 0 Å². The summed E-state index contributed by atoms with van der Waals surface area (Å²) in [6.45, 7) is 0. The molecule has 0 spiro atoms. The van der Waals surface area contributed by atoms with Crippen molar-refractivity contribution in [3.63, 3.8) is 0 Å². The number of hydrogen-bond acceptors (Lipinski definition) is 6. The van der Waals surface area contributed by atoms with Gasteiger partial charge in [0.2, 0.25) is 0 Å². The van der Waals surface area contributed by atoms with Crippen LogP contribution in [0.25, 0.3) is 0 Å².